The maximum absolute atomic E-state index is 13.7. The Kier molecular flexibility index (Phi) is 4.45. The van der Waals surface area contributed by atoms with E-state index in [2.05, 4.69) is 10.1 Å². The lowest BCUT2D eigenvalue weighted by Crippen LogP contribution is -2.15. The molecule has 0 atom stereocenters. The largest absolute Gasteiger partial charge is 0.465 e. The second-order valence-corrected chi connectivity index (χ2v) is 4.26. The number of carbonyl (C=O) groups is 2. The van der Waals surface area contributed by atoms with Gasteiger partial charge in [0.25, 0.3) is 5.91 Å². The van der Waals surface area contributed by atoms with Crippen LogP contribution in [0.25, 0.3) is 0 Å². The van der Waals surface area contributed by atoms with Gasteiger partial charge in [-0.05, 0) is 30.3 Å². The molecule has 0 fully saturated rings. The zero-order valence-corrected chi connectivity index (χ0v) is 11.3. The lowest BCUT2D eigenvalue weighted by Gasteiger charge is -2.09. The van der Waals surface area contributed by atoms with Gasteiger partial charge in [0.2, 0.25) is 0 Å². The van der Waals surface area contributed by atoms with Gasteiger partial charge in [-0.15, -0.1) is 0 Å². The molecule has 2 aromatic carbocycles. The van der Waals surface area contributed by atoms with Crippen LogP contribution in [-0.2, 0) is 4.74 Å². The fraction of sp³-hybridized carbons (Fsp3) is 0.0667. The second kappa shape index (κ2) is 6.30. The number of hydrogen-bond donors (Lipinski definition) is 1. The standard InChI is InChI=1S/C15H10F3NO3/c1-22-15(21)10-6-13(12(18)7-11(10)17)19-14(20)8-2-4-9(16)5-3-8/h2-7H,1H3,(H,19,20). The molecule has 0 spiro atoms. The van der Waals surface area contributed by atoms with Crippen LogP contribution < -0.4 is 5.32 Å². The summed E-state index contributed by atoms with van der Waals surface area (Å²) in [6, 6.07) is 5.83. The van der Waals surface area contributed by atoms with Crippen LogP contribution in [-0.4, -0.2) is 19.0 Å². The van der Waals surface area contributed by atoms with E-state index in [1.165, 1.54) is 12.1 Å². The Balaban J connectivity index is 2.30. The first-order valence-corrected chi connectivity index (χ1v) is 6.06. The van der Waals surface area contributed by atoms with E-state index in [1.807, 2.05) is 0 Å². The fourth-order valence-electron chi connectivity index (χ4n) is 1.71. The average Bonchev–Trinajstić information content (AvgIpc) is 2.49. The molecule has 0 aliphatic rings. The zero-order valence-electron chi connectivity index (χ0n) is 11.3. The van der Waals surface area contributed by atoms with Gasteiger partial charge < -0.3 is 10.1 Å². The van der Waals surface area contributed by atoms with Crippen LogP contribution >= 0.6 is 0 Å². The van der Waals surface area contributed by atoms with Gasteiger partial charge >= 0.3 is 5.97 Å². The molecule has 0 saturated heterocycles. The number of hydrogen-bond acceptors (Lipinski definition) is 3. The van der Waals surface area contributed by atoms with Crippen molar-refractivity contribution in [1.82, 2.24) is 0 Å². The highest BCUT2D eigenvalue weighted by atomic mass is 19.1. The van der Waals surface area contributed by atoms with Crippen molar-refractivity contribution in [3.8, 4) is 0 Å². The first kappa shape index (κ1) is 15.6. The summed E-state index contributed by atoms with van der Waals surface area (Å²) >= 11 is 0. The van der Waals surface area contributed by atoms with Crippen molar-refractivity contribution < 1.29 is 27.5 Å². The van der Waals surface area contributed by atoms with Crippen LogP contribution in [0.2, 0.25) is 0 Å². The van der Waals surface area contributed by atoms with Gasteiger partial charge in [-0.25, -0.2) is 18.0 Å². The lowest BCUT2D eigenvalue weighted by atomic mass is 10.1. The number of esters is 1. The molecule has 114 valence electrons. The van der Waals surface area contributed by atoms with E-state index in [-0.39, 0.29) is 5.56 Å². The first-order chi connectivity index (χ1) is 10.4. The van der Waals surface area contributed by atoms with E-state index in [0.717, 1.165) is 25.3 Å². The number of benzene rings is 2. The molecule has 0 saturated carbocycles. The Morgan fingerprint density at radius 3 is 2.23 bits per heavy atom. The molecule has 0 radical (unpaired) electrons. The summed E-state index contributed by atoms with van der Waals surface area (Å²) in [5.74, 6) is -4.43. The van der Waals surface area contributed by atoms with Crippen molar-refractivity contribution in [2.24, 2.45) is 0 Å². The smallest absolute Gasteiger partial charge is 0.340 e. The van der Waals surface area contributed by atoms with Crippen molar-refractivity contribution in [1.29, 1.82) is 0 Å². The molecule has 1 N–H and O–H groups in total. The van der Waals surface area contributed by atoms with Crippen molar-refractivity contribution in [2.45, 2.75) is 0 Å². The maximum atomic E-state index is 13.7. The summed E-state index contributed by atoms with van der Waals surface area (Å²) in [7, 11) is 1.04. The van der Waals surface area contributed by atoms with Crippen LogP contribution in [0.4, 0.5) is 18.9 Å². The van der Waals surface area contributed by atoms with Gasteiger partial charge in [-0.2, -0.15) is 0 Å². The summed E-state index contributed by atoms with van der Waals surface area (Å²) in [6.07, 6.45) is 0. The van der Waals surface area contributed by atoms with Crippen LogP contribution in [0.1, 0.15) is 20.7 Å². The Morgan fingerprint density at radius 2 is 1.64 bits per heavy atom. The minimum absolute atomic E-state index is 0.0738. The van der Waals surface area contributed by atoms with Gasteiger partial charge in [0, 0.05) is 11.6 Å². The number of amides is 1. The Morgan fingerprint density at radius 1 is 1.00 bits per heavy atom. The predicted molar refractivity (Wildman–Crippen MR) is 72.1 cm³/mol. The molecule has 0 heterocycles. The van der Waals surface area contributed by atoms with E-state index in [4.69, 9.17) is 0 Å². The van der Waals surface area contributed by atoms with E-state index < -0.39 is 40.6 Å². The highest BCUT2D eigenvalue weighted by molar-refractivity contribution is 6.05. The maximum Gasteiger partial charge on any atom is 0.340 e. The minimum Gasteiger partial charge on any atom is -0.465 e. The van der Waals surface area contributed by atoms with Crippen molar-refractivity contribution >= 4 is 17.6 Å². The van der Waals surface area contributed by atoms with Gasteiger partial charge in [-0.1, -0.05) is 0 Å². The summed E-state index contributed by atoms with van der Waals surface area (Å²) in [4.78, 5) is 23.3. The Hall–Kier alpha value is -2.83. The van der Waals surface area contributed by atoms with Gasteiger partial charge in [0.1, 0.15) is 17.5 Å². The summed E-state index contributed by atoms with van der Waals surface area (Å²) < 4.78 is 44.3. The number of halogens is 3. The fourth-order valence-corrected chi connectivity index (χ4v) is 1.71. The van der Waals surface area contributed by atoms with E-state index >= 15 is 0 Å². The SMILES string of the molecule is COC(=O)c1cc(NC(=O)c2ccc(F)cc2)c(F)cc1F. The van der Waals surface area contributed by atoms with Gasteiger partial charge in [0.05, 0.1) is 18.4 Å². The molecule has 22 heavy (non-hydrogen) atoms. The number of ether oxygens (including phenoxy) is 1. The number of anilines is 1. The molecular formula is C15H10F3NO3. The van der Waals surface area contributed by atoms with E-state index in [1.54, 1.807) is 0 Å². The number of nitrogens with one attached hydrogen (secondary N) is 1. The molecule has 0 aliphatic carbocycles. The summed E-state index contributed by atoms with van der Waals surface area (Å²) in [5.41, 5.74) is -0.834. The van der Waals surface area contributed by atoms with Crippen molar-refractivity contribution in [3.05, 3.63) is 65.0 Å². The quantitative estimate of drug-likeness (QED) is 0.886. The predicted octanol–water partition coefficient (Wildman–Crippen LogP) is 3.14. The molecule has 0 bridgehead atoms. The second-order valence-electron chi connectivity index (χ2n) is 4.26. The third-order valence-electron chi connectivity index (χ3n) is 2.82. The molecular weight excluding hydrogens is 299 g/mol. The zero-order chi connectivity index (χ0) is 16.3. The molecule has 7 heteroatoms. The van der Waals surface area contributed by atoms with Crippen molar-refractivity contribution in [2.75, 3.05) is 12.4 Å². The molecule has 0 aromatic heterocycles. The molecule has 1 amide bonds. The molecule has 2 aromatic rings. The monoisotopic (exact) mass is 309 g/mol. The summed E-state index contributed by atoms with van der Waals surface area (Å²) in [5, 5.41) is 2.18. The molecule has 0 aliphatic heterocycles. The minimum atomic E-state index is -1.11. The molecule has 4 nitrogen and oxygen atoms in total. The van der Waals surface area contributed by atoms with E-state index in [0.29, 0.717) is 6.07 Å². The van der Waals surface area contributed by atoms with Crippen LogP contribution in [0.5, 0.6) is 0 Å². The Labute approximate surface area is 123 Å². The molecule has 2 rings (SSSR count). The van der Waals surface area contributed by atoms with Crippen LogP contribution in [0.3, 0.4) is 0 Å². The normalized spacial score (nSPS) is 10.2. The number of rotatable bonds is 3. The third kappa shape index (κ3) is 3.25. The van der Waals surface area contributed by atoms with E-state index in [9.17, 15) is 22.8 Å². The van der Waals surface area contributed by atoms with Gasteiger partial charge in [0.15, 0.2) is 0 Å². The topological polar surface area (TPSA) is 55.4 Å². The van der Waals surface area contributed by atoms with Crippen LogP contribution in [0.15, 0.2) is 36.4 Å². The lowest BCUT2D eigenvalue weighted by molar-refractivity contribution is 0.0595. The molecule has 0 unspecified atom stereocenters. The average molecular weight is 309 g/mol. The number of methoxy groups -OCH3 is 1. The number of carbonyl (C=O) groups excluding carboxylic acids is 2. The van der Waals surface area contributed by atoms with Crippen molar-refractivity contribution in [3.63, 3.8) is 0 Å². The highest BCUT2D eigenvalue weighted by Crippen LogP contribution is 2.21. The summed E-state index contributed by atoms with van der Waals surface area (Å²) in [6.45, 7) is 0. The Bertz CT molecular complexity index is 730. The highest BCUT2D eigenvalue weighted by Gasteiger charge is 2.18. The van der Waals surface area contributed by atoms with Gasteiger partial charge in [-0.3, -0.25) is 4.79 Å². The third-order valence-corrected chi connectivity index (χ3v) is 2.82. The first-order valence-electron chi connectivity index (χ1n) is 6.06. The van der Waals surface area contributed by atoms with Crippen LogP contribution in [0, 0.1) is 17.5 Å².